The van der Waals surface area contributed by atoms with Gasteiger partial charge in [0.2, 0.25) is 0 Å². The summed E-state index contributed by atoms with van der Waals surface area (Å²) in [5.41, 5.74) is 6.38. The van der Waals surface area contributed by atoms with Crippen molar-refractivity contribution < 1.29 is 19.4 Å². The number of nitrogens with one attached hydrogen (secondary N) is 2. The molecule has 6 aliphatic rings. The number of aliphatic hydroxyl groups excluding tert-OH is 1. The first-order valence-electron chi connectivity index (χ1n) is 18.9. The third-order valence-electron chi connectivity index (χ3n) is 12.3. The van der Waals surface area contributed by atoms with Gasteiger partial charge in [0.1, 0.15) is 0 Å². The van der Waals surface area contributed by atoms with Crippen molar-refractivity contribution in [2.75, 3.05) is 19.6 Å². The van der Waals surface area contributed by atoms with E-state index < -0.39 is 6.29 Å². The monoisotopic (exact) mass is 663 g/mol. The van der Waals surface area contributed by atoms with Crippen LogP contribution in [0, 0.1) is 23.7 Å². The number of amides is 2. The van der Waals surface area contributed by atoms with Gasteiger partial charge in [-0.1, -0.05) is 80.1 Å². The van der Waals surface area contributed by atoms with Crippen LogP contribution in [0.5, 0.6) is 0 Å². The molecule has 3 N–H and O–H groups in total. The molecule has 4 saturated carbocycles. The summed E-state index contributed by atoms with van der Waals surface area (Å²) < 4.78 is 13.5. The number of ether oxygens (including phenoxy) is 2. The van der Waals surface area contributed by atoms with E-state index in [9.17, 15) is 9.90 Å². The second-order valence-electron chi connectivity index (χ2n) is 16.0. The lowest BCUT2D eigenvalue weighted by Crippen LogP contribution is -2.61. The van der Waals surface area contributed by atoms with Crippen LogP contribution in [0.2, 0.25) is 0 Å². The molecule has 49 heavy (non-hydrogen) atoms. The third-order valence-corrected chi connectivity index (χ3v) is 12.3. The van der Waals surface area contributed by atoms with Crippen LogP contribution in [-0.2, 0) is 22.6 Å². The van der Waals surface area contributed by atoms with Crippen LogP contribution >= 0.6 is 0 Å². The number of likely N-dealkylation sites (tertiary alicyclic amines) is 1. The van der Waals surface area contributed by atoms with Gasteiger partial charge in [-0.15, -0.1) is 0 Å². The fourth-order valence-electron chi connectivity index (χ4n) is 10.1. The highest BCUT2D eigenvalue weighted by Gasteiger charge is 2.51. The summed E-state index contributed by atoms with van der Waals surface area (Å²) in [4.78, 5) is 15.6. The van der Waals surface area contributed by atoms with Gasteiger partial charge in [-0.2, -0.15) is 0 Å². The lowest BCUT2D eigenvalue weighted by molar-refractivity contribution is -0.276. The average molecular weight is 664 g/mol. The van der Waals surface area contributed by atoms with Crippen molar-refractivity contribution in [2.24, 2.45) is 23.7 Å². The number of urea groups is 1. The summed E-state index contributed by atoms with van der Waals surface area (Å²) in [6, 6.07) is 25.2. The maximum absolute atomic E-state index is 13.1. The first-order chi connectivity index (χ1) is 23.9. The average Bonchev–Trinajstić information content (AvgIpc) is 3.11. The number of piperidine rings is 1. The van der Waals surface area contributed by atoms with E-state index in [2.05, 4.69) is 83.1 Å². The molecule has 4 atom stereocenters. The van der Waals surface area contributed by atoms with E-state index in [0.29, 0.717) is 6.54 Å². The van der Waals surface area contributed by atoms with Gasteiger partial charge in [0.25, 0.3) is 0 Å². The number of nitrogens with zero attached hydrogens (tertiary/aromatic N) is 1. The summed E-state index contributed by atoms with van der Waals surface area (Å²) in [6.07, 6.45) is 10.9. The molecule has 3 aromatic rings. The van der Waals surface area contributed by atoms with Crippen LogP contribution in [0.1, 0.15) is 99.4 Å². The van der Waals surface area contributed by atoms with Crippen molar-refractivity contribution in [1.29, 1.82) is 0 Å². The van der Waals surface area contributed by atoms with Crippen LogP contribution in [-0.4, -0.2) is 47.3 Å². The summed E-state index contributed by atoms with van der Waals surface area (Å²) in [7, 11) is 0. The topological polar surface area (TPSA) is 83.1 Å². The van der Waals surface area contributed by atoms with Crippen molar-refractivity contribution >= 4 is 6.03 Å². The first-order valence-corrected chi connectivity index (χ1v) is 18.9. The number of benzene rings is 3. The van der Waals surface area contributed by atoms with E-state index in [1.165, 1.54) is 38.5 Å². The van der Waals surface area contributed by atoms with E-state index in [1.807, 2.05) is 12.1 Å². The molecule has 7 nitrogen and oxygen atoms in total. The number of rotatable bonds is 9. The standard InChI is InChI=1S/C42H53N3O4/c1-28-38(26-45-16-3-2-4-17-45)48-40(49-39(28)35-10-8-29(27-46)9-11-35)36-14-12-34(13-15-36)37-7-5-6-30(21-37)25-43-41(47)44-42-22-31-18-32(23-42)20-33(19-31)24-42/h5-15,21,28,31-33,38-40,46H,2-4,16-20,22-27H2,1H3,(H2,43,44,47). The zero-order chi connectivity index (χ0) is 33.4. The smallest absolute Gasteiger partial charge is 0.315 e. The molecule has 2 saturated heterocycles. The highest BCUT2D eigenvalue weighted by atomic mass is 16.7. The Bertz CT molecular complexity index is 1550. The number of aliphatic hydroxyl groups is 1. The predicted molar refractivity (Wildman–Crippen MR) is 191 cm³/mol. The van der Waals surface area contributed by atoms with Crippen molar-refractivity contribution in [3.05, 3.63) is 95.1 Å². The quantitative estimate of drug-likeness (QED) is 0.217. The lowest BCUT2D eigenvalue weighted by Gasteiger charge is -2.56. The van der Waals surface area contributed by atoms with E-state index in [0.717, 1.165) is 90.0 Å². The SMILES string of the molecule is CC1C(CN2CCCCC2)OC(c2ccc(-c3cccc(CNC(=O)NC45CC6CC(CC(C6)C4)C5)c3)cc2)OC1c1ccc(CO)cc1. The van der Waals surface area contributed by atoms with Crippen molar-refractivity contribution in [3.63, 3.8) is 0 Å². The number of hydrogen-bond acceptors (Lipinski definition) is 5. The number of carbonyl (C=O) groups excluding carboxylic acids is 1. The van der Waals surface area contributed by atoms with Crippen LogP contribution in [0.3, 0.4) is 0 Å². The molecule has 4 bridgehead atoms. The molecule has 2 amide bonds. The van der Waals surface area contributed by atoms with Gasteiger partial charge in [-0.05, 0) is 116 Å². The second-order valence-corrected chi connectivity index (χ2v) is 16.0. The fourth-order valence-corrected chi connectivity index (χ4v) is 10.1. The Hall–Kier alpha value is -3.23. The van der Waals surface area contributed by atoms with Crippen LogP contribution in [0.25, 0.3) is 11.1 Å². The first kappa shape index (κ1) is 32.9. The molecule has 7 heteroatoms. The van der Waals surface area contributed by atoms with E-state index in [-0.39, 0.29) is 36.3 Å². The zero-order valence-corrected chi connectivity index (χ0v) is 29.0. The molecular weight excluding hydrogens is 610 g/mol. The molecular formula is C42H53N3O4. The molecule has 0 radical (unpaired) electrons. The Kier molecular flexibility index (Phi) is 9.53. The molecule has 0 spiro atoms. The molecule has 260 valence electrons. The van der Waals surface area contributed by atoms with Gasteiger partial charge in [-0.25, -0.2) is 4.79 Å². The normalized spacial score (nSPS) is 32.6. The van der Waals surface area contributed by atoms with Crippen LogP contribution in [0.4, 0.5) is 4.79 Å². The molecule has 2 aliphatic heterocycles. The predicted octanol–water partition coefficient (Wildman–Crippen LogP) is 7.89. The highest BCUT2D eigenvalue weighted by Crippen LogP contribution is 2.55. The second kappa shape index (κ2) is 14.2. The zero-order valence-electron chi connectivity index (χ0n) is 29.0. The van der Waals surface area contributed by atoms with Gasteiger partial charge >= 0.3 is 6.03 Å². The lowest BCUT2D eigenvalue weighted by atomic mass is 9.53. The minimum Gasteiger partial charge on any atom is -0.392 e. The maximum Gasteiger partial charge on any atom is 0.315 e. The number of hydrogen-bond donors (Lipinski definition) is 3. The third kappa shape index (κ3) is 7.32. The van der Waals surface area contributed by atoms with E-state index in [1.54, 1.807) is 0 Å². The Morgan fingerprint density at radius 3 is 2.16 bits per heavy atom. The van der Waals surface area contributed by atoms with E-state index in [4.69, 9.17) is 9.47 Å². The largest absolute Gasteiger partial charge is 0.392 e. The Morgan fingerprint density at radius 1 is 0.816 bits per heavy atom. The Labute approximate surface area is 291 Å². The molecule has 6 fully saturated rings. The van der Waals surface area contributed by atoms with Crippen molar-refractivity contribution in [1.82, 2.24) is 15.5 Å². The van der Waals surface area contributed by atoms with Gasteiger partial charge in [0.05, 0.1) is 18.8 Å². The molecule has 4 aliphatic carbocycles. The molecule has 4 unspecified atom stereocenters. The van der Waals surface area contributed by atoms with Crippen LogP contribution in [0.15, 0.2) is 72.8 Å². The molecule has 0 aromatic heterocycles. The summed E-state index contributed by atoms with van der Waals surface area (Å²) in [5, 5.41) is 16.2. The van der Waals surface area contributed by atoms with Crippen molar-refractivity contribution in [2.45, 2.75) is 102 Å². The van der Waals surface area contributed by atoms with Gasteiger partial charge in [-0.3, -0.25) is 0 Å². The number of carbonyl (C=O) groups is 1. The Balaban J connectivity index is 0.932. The highest BCUT2D eigenvalue weighted by molar-refractivity contribution is 5.75. The summed E-state index contributed by atoms with van der Waals surface area (Å²) in [6.45, 7) is 5.95. The van der Waals surface area contributed by atoms with Crippen molar-refractivity contribution in [3.8, 4) is 11.1 Å². The minimum atomic E-state index is -0.467. The van der Waals surface area contributed by atoms with Gasteiger partial charge in [0.15, 0.2) is 6.29 Å². The minimum absolute atomic E-state index is 0.0182. The van der Waals surface area contributed by atoms with Gasteiger partial charge < -0.3 is 30.1 Å². The summed E-state index contributed by atoms with van der Waals surface area (Å²) in [5.74, 6) is 2.60. The fraction of sp³-hybridized carbons (Fsp3) is 0.548. The van der Waals surface area contributed by atoms with E-state index >= 15 is 0 Å². The maximum atomic E-state index is 13.1. The molecule has 2 heterocycles. The molecule has 3 aromatic carbocycles. The summed E-state index contributed by atoms with van der Waals surface area (Å²) >= 11 is 0. The van der Waals surface area contributed by atoms with Gasteiger partial charge in [0, 0.05) is 30.1 Å². The van der Waals surface area contributed by atoms with Crippen LogP contribution < -0.4 is 10.6 Å². The Morgan fingerprint density at radius 2 is 1.49 bits per heavy atom. The molecule has 9 rings (SSSR count).